The molecule has 2 aliphatic rings. The molecule has 55 heavy (non-hydrogen) atoms. The highest BCUT2D eigenvalue weighted by Crippen LogP contribution is 2.65. The third-order valence-corrected chi connectivity index (χ3v) is 10.6. The number of para-hydroxylation sites is 2. The quantitative estimate of drug-likeness (QED) is 0.176. The number of hydrogen-bond donors (Lipinski definition) is 0. The lowest BCUT2D eigenvalue weighted by molar-refractivity contribution is 0.436. The Hall–Kier alpha value is -7.51. The van der Waals surface area contributed by atoms with Gasteiger partial charge in [0.25, 0.3) is 0 Å². The van der Waals surface area contributed by atoms with Crippen LogP contribution in [0.2, 0.25) is 0 Å². The number of fused-ring (bicyclic) bond motifs is 9. The van der Waals surface area contributed by atoms with Crippen LogP contribution in [0.5, 0.6) is 11.5 Å². The maximum Gasteiger partial charge on any atom is 0.248 e. The van der Waals surface area contributed by atoms with Crippen molar-refractivity contribution in [1.29, 1.82) is 0 Å². The summed E-state index contributed by atoms with van der Waals surface area (Å²) in [6, 6.07) is 59.4. The topological polar surface area (TPSA) is 86.8 Å². The van der Waals surface area contributed by atoms with E-state index in [2.05, 4.69) is 70.9 Å². The normalized spacial score (nSPS) is 13.0. The maximum atomic E-state index is 6.66. The van der Waals surface area contributed by atoms with Crippen molar-refractivity contribution in [3.05, 3.63) is 198 Å². The van der Waals surface area contributed by atoms with Gasteiger partial charge in [-0.05, 0) is 52.6 Å². The van der Waals surface area contributed by atoms with Gasteiger partial charge in [-0.2, -0.15) is 0 Å². The Balaban J connectivity index is 1.24. The van der Waals surface area contributed by atoms with E-state index >= 15 is 0 Å². The largest absolute Gasteiger partial charge is 0.457 e. The smallest absolute Gasteiger partial charge is 0.248 e. The molecule has 0 saturated heterocycles. The summed E-state index contributed by atoms with van der Waals surface area (Å²) in [5.41, 5.74) is 9.80. The first-order valence-corrected chi connectivity index (χ1v) is 18.2. The van der Waals surface area contributed by atoms with Crippen molar-refractivity contribution in [3.8, 4) is 79.7 Å². The van der Waals surface area contributed by atoms with Gasteiger partial charge in [-0.15, -0.1) is 10.2 Å². The minimum absolute atomic E-state index is 0.434. The van der Waals surface area contributed by atoms with Crippen LogP contribution >= 0.6 is 0 Å². The van der Waals surface area contributed by atoms with Crippen LogP contribution in [0.4, 0.5) is 0 Å². The molecule has 0 radical (unpaired) electrons. The molecule has 9 aromatic rings. The summed E-state index contributed by atoms with van der Waals surface area (Å²) in [6.45, 7) is 0. The monoisotopic (exact) mass is 707 g/mol. The van der Waals surface area contributed by atoms with E-state index in [4.69, 9.17) is 24.1 Å². The van der Waals surface area contributed by atoms with Gasteiger partial charge < -0.3 is 9.15 Å². The average Bonchev–Trinajstić information content (AvgIpc) is 3.87. The average molecular weight is 708 g/mol. The molecule has 0 fully saturated rings. The van der Waals surface area contributed by atoms with Crippen LogP contribution in [-0.2, 0) is 5.41 Å². The van der Waals surface area contributed by atoms with Crippen LogP contribution in [0.15, 0.2) is 180 Å². The van der Waals surface area contributed by atoms with Crippen molar-refractivity contribution in [1.82, 2.24) is 25.1 Å². The molecular weight excluding hydrogens is 679 g/mol. The zero-order chi connectivity index (χ0) is 36.3. The second-order valence-corrected chi connectivity index (χ2v) is 13.6. The van der Waals surface area contributed by atoms with E-state index in [-0.39, 0.29) is 0 Å². The summed E-state index contributed by atoms with van der Waals surface area (Å²) < 4.78 is 13.2. The van der Waals surface area contributed by atoms with E-state index in [9.17, 15) is 0 Å². The Morgan fingerprint density at radius 1 is 0.364 bits per heavy atom. The molecule has 11 rings (SSSR count). The van der Waals surface area contributed by atoms with Crippen LogP contribution in [0, 0.1) is 0 Å². The summed E-state index contributed by atoms with van der Waals surface area (Å²) in [4.78, 5) is 15.4. The van der Waals surface area contributed by atoms with Gasteiger partial charge in [0.2, 0.25) is 11.8 Å². The summed E-state index contributed by atoms with van der Waals surface area (Å²) in [6.07, 6.45) is 0. The zero-order valence-corrected chi connectivity index (χ0v) is 29.3. The van der Waals surface area contributed by atoms with E-state index in [1.807, 2.05) is 115 Å². The Morgan fingerprint density at radius 3 is 1.47 bits per heavy atom. The molecule has 0 unspecified atom stereocenters. The van der Waals surface area contributed by atoms with E-state index in [1.54, 1.807) is 0 Å². The Labute approximate surface area is 316 Å². The highest BCUT2D eigenvalue weighted by atomic mass is 16.5. The first-order chi connectivity index (χ1) is 27.3. The summed E-state index contributed by atoms with van der Waals surface area (Å²) in [7, 11) is 0. The fourth-order valence-electron chi connectivity index (χ4n) is 8.33. The SMILES string of the molecule is c1ccc(-c2nc(-c3ccccc3)nc(-c3cccc4c3-c3cccc(-c5nnc(-c6ccccc6)o5)c3C43c4ccccc4Oc4ccccc43)n2)cc1. The lowest BCUT2D eigenvalue weighted by atomic mass is 9.65. The molecule has 1 aliphatic carbocycles. The number of aromatic nitrogens is 5. The van der Waals surface area contributed by atoms with Crippen molar-refractivity contribution in [2.24, 2.45) is 0 Å². The fourth-order valence-corrected chi connectivity index (χ4v) is 8.33. The van der Waals surface area contributed by atoms with Crippen molar-refractivity contribution in [3.63, 3.8) is 0 Å². The predicted octanol–water partition coefficient (Wildman–Crippen LogP) is 11.1. The number of nitrogens with zero attached hydrogens (tertiary/aromatic N) is 5. The minimum Gasteiger partial charge on any atom is -0.457 e. The van der Waals surface area contributed by atoms with Gasteiger partial charge in [0, 0.05) is 38.9 Å². The fraction of sp³-hybridized carbons (Fsp3) is 0.0208. The van der Waals surface area contributed by atoms with E-state index < -0.39 is 5.41 Å². The third-order valence-electron chi connectivity index (χ3n) is 10.6. The van der Waals surface area contributed by atoms with Crippen LogP contribution in [-0.4, -0.2) is 25.1 Å². The highest BCUT2D eigenvalue weighted by Gasteiger charge is 2.53. The van der Waals surface area contributed by atoms with Gasteiger partial charge in [0.05, 0.1) is 5.41 Å². The molecule has 0 saturated carbocycles. The van der Waals surface area contributed by atoms with E-state index in [0.717, 1.165) is 72.7 Å². The number of benzene rings is 7. The predicted molar refractivity (Wildman–Crippen MR) is 212 cm³/mol. The molecule has 7 nitrogen and oxygen atoms in total. The Bertz CT molecular complexity index is 2810. The lowest BCUT2D eigenvalue weighted by Gasteiger charge is -2.39. The standard InChI is InChI=1S/C48H29N5O2/c1-4-16-30(17-5-1)43-49-44(31-18-6-2-7-19-31)51-45(50-43)34-23-15-27-38-41(34)33-22-14-24-35(47-53-52-46(55-47)32-20-8-3-9-21-32)42(33)48(38)36-25-10-12-28-39(36)54-40-29-13-11-26-37(40)48/h1-29H. The molecule has 258 valence electrons. The lowest BCUT2D eigenvalue weighted by Crippen LogP contribution is -2.32. The minimum atomic E-state index is -0.818. The molecule has 3 heterocycles. The summed E-state index contributed by atoms with van der Waals surface area (Å²) in [5.74, 6) is 4.25. The Morgan fingerprint density at radius 2 is 0.836 bits per heavy atom. The van der Waals surface area contributed by atoms with Gasteiger partial charge in [-0.3, -0.25) is 0 Å². The molecule has 0 bridgehead atoms. The first kappa shape index (κ1) is 31.1. The molecule has 2 aromatic heterocycles. The molecule has 7 aromatic carbocycles. The first-order valence-electron chi connectivity index (χ1n) is 18.2. The summed E-state index contributed by atoms with van der Waals surface area (Å²) >= 11 is 0. The van der Waals surface area contributed by atoms with Gasteiger partial charge >= 0.3 is 0 Å². The molecule has 7 heteroatoms. The van der Waals surface area contributed by atoms with Crippen LogP contribution in [0.3, 0.4) is 0 Å². The molecule has 1 spiro atoms. The number of rotatable bonds is 5. The highest BCUT2D eigenvalue weighted by molar-refractivity contribution is 5.98. The van der Waals surface area contributed by atoms with Crippen molar-refractivity contribution in [2.75, 3.05) is 0 Å². The molecule has 1 aliphatic heterocycles. The molecular formula is C48H29N5O2. The van der Waals surface area contributed by atoms with Crippen molar-refractivity contribution >= 4 is 0 Å². The second kappa shape index (κ2) is 12.3. The third kappa shape index (κ3) is 4.73. The molecule has 0 N–H and O–H groups in total. The van der Waals surface area contributed by atoms with Gasteiger partial charge in [-0.25, -0.2) is 15.0 Å². The second-order valence-electron chi connectivity index (χ2n) is 13.6. The number of ether oxygens (including phenoxy) is 1. The molecule has 0 amide bonds. The van der Waals surface area contributed by atoms with Gasteiger partial charge in [0.1, 0.15) is 11.5 Å². The van der Waals surface area contributed by atoms with Crippen LogP contribution < -0.4 is 4.74 Å². The van der Waals surface area contributed by atoms with E-state index in [1.165, 1.54) is 0 Å². The zero-order valence-electron chi connectivity index (χ0n) is 29.3. The molecule has 0 atom stereocenters. The van der Waals surface area contributed by atoms with Gasteiger partial charge in [0.15, 0.2) is 17.5 Å². The van der Waals surface area contributed by atoms with E-state index in [0.29, 0.717) is 29.3 Å². The van der Waals surface area contributed by atoms with Gasteiger partial charge in [-0.1, -0.05) is 146 Å². The summed E-state index contributed by atoms with van der Waals surface area (Å²) in [5, 5.41) is 9.22. The van der Waals surface area contributed by atoms with Crippen LogP contribution in [0.25, 0.3) is 68.2 Å². The van der Waals surface area contributed by atoms with Crippen molar-refractivity contribution < 1.29 is 9.15 Å². The van der Waals surface area contributed by atoms with Crippen LogP contribution in [0.1, 0.15) is 22.3 Å². The Kier molecular flexibility index (Phi) is 6.94. The number of hydrogen-bond acceptors (Lipinski definition) is 7. The van der Waals surface area contributed by atoms with Crippen molar-refractivity contribution in [2.45, 2.75) is 5.41 Å². The maximum absolute atomic E-state index is 6.66.